The predicted molar refractivity (Wildman–Crippen MR) is 184 cm³/mol. The highest BCUT2D eigenvalue weighted by Gasteiger charge is 2.37. The van der Waals surface area contributed by atoms with Crippen LogP contribution < -0.4 is 0 Å². The Kier molecular flexibility index (Phi) is 8.24. The smallest absolute Gasteiger partial charge is 0.105 e. The van der Waals surface area contributed by atoms with Gasteiger partial charge in [-0.2, -0.15) is 0 Å². The summed E-state index contributed by atoms with van der Waals surface area (Å²) in [6.07, 6.45) is 23.7. The molecule has 0 amide bonds. The Morgan fingerprint density at radius 3 is 1.59 bits per heavy atom. The Bertz CT molecular complexity index is 1270. The van der Waals surface area contributed by atoms with Crippen LogP contribution in [-0.2, 0) is 5.21 Å². The van der Waals surface area contributed by atoms with Gasteiger partial charge in [-0.15, -0.1) is 0 Å². The van der Waals surface area contributed by atoms with E-state index in [1.54, 1.807) is 0 Å². The third-order valence-electron chi connectivity index (χ3n) is 7.88. The molecule has 0 N–H and O–H groups in total. The second-order valence-corrected chi connectivity index (χ2v) is 26.6. The first kappa shape index (κ1) is 30.3. The maximum absolute atomic E-state index is 5.10. The summed E-state index contributed by atoms with van der Waals surface area (Å²) in [5.74, 6) is 0. The molecule has 2 aromatic carbocycles. The molecule has 0 saturated heterocycles. The van der Waals surface area contributed by atoms with Crippen LogP contribution in [0.15, 0.2) is 69.4 Å². The van der Waals surface area contributed by atoms with Crippen LogP contribution in [-0.4, -0.2) is 77.0 Å². The van der Waals surface area contributed by atoms with E-state index in [0.29, 0.717) is 0 Å². The van der Waals surface area contributed by atoms with E-state index in [9.17, 15) is 0 Å². The number of pyridine rings is 1. The first-order valence-corrected chi connectivity index (χ1v) is 21.5. The van der Waals surface area contributed by atoms with Gasteiger partial charge in [-0.3, -0.25) is 4.98 Å². The Labute approximate surface area is 234 Å². The first-order chi connectivity index (χ1) is 16.6. The van der Waals surface area contributed by atoms with Crippen molar-refractivity contribution in [3.63, 3.8) is 0 Å². The summed E-state index contributed by atoms with van der Waals surface area (Å²) in [7, 11) is 2.15. The van der Waals surface area contributed by atoms with Gasteiger partial charge < -0.3 is 0 Å². The van der Waals surface area contributed by atoms with Gasteiger partial charge in [0.05, 0.1) is 5.69 Å². The highest BCUT2D eigenvalue weighted by atomic mass is 32.3. The van der Waals surface area contributed by atoms with Gasteiger partial charge in [0.25, 0.3) is 0 Å². The minimum absolute atomic E-state index is 0.0234. The molecule has 202 valence electrons. The number of nitrogens with zero attached hydrogens (tertiary/aromatic N) is 1. The monoisotopic (exact) mass is 553 g/mol. The molecule has 37 heavy (non-hydrogen) atoms. The van der Waals surface area contributed by atoms with E-state index < -0.39 is 30.1 Å². The van der Waals surface area contributed by atoms with Crippen LogP contribution in [0, 0.1) is 5.41 Å². The number of aromatic nitrogens is 1. The fourth-order valence-electron chi connectivity index (χ4n) is 4.47. The zero-order valence-corrected chi connectivity index (χ0v) is 28.3. The predicted octanol–water partition coefficient (Wildman–Crippen LogP) is 7.04. The van der Waals surface area contributed by atoms with Gasteiger partial charge in [0.2, 0.25) is 0 Å². The van der Waals surface area contributed by atoms with E-state index in [1.165, 1.54) is 36.9 Å². The lowest BCUT2D eigenvalue weighted by atomic mass is 9.41. The molecular formula is C31H49B2NS3. The van der Waals surface area contributed by atoms with Crippen LogP contribution >= 0.6 is 30.1 Å². The number of hydrogen-bond donors (Lipinski definition) is 0. The van der Waals surface area contributed by atoms with E-state index in [2.05, 4.69) is 147 Å². The van der Waals surface area contributed by atoms with Crippen LogP contribution in [0.25, 0.3) is 22.4 Å². The minimum Gasteiger partial charge on any atom is -0.256 e. The van der Waals surface area contributed by atoms with E-state index >= 15 is 0 Å². The standard InChI is InChI=1S/C31H49B2NS3/c1-30(2,3)31(32,33)26-21-34-27(20-29(26)37(10,11)12)23-15-18-28(36(7,8)9)25(19-23)22-13-16-24(17-14-22)35(4,5)6/h13-21H,32-33H2,1-12H3. The van der Waals surface area contributed by atoms with Crippen molar-refractivity contribution in [1.82, 2.24) is 4.98 Å². The van der Waals surface area contributed by atoms with E-state index in [0.717, 1.165) is 5.69 Å². The van der Waals surface area contributed by atoms with Crippen molar-refractivity contribution in [2.24, 2.45) is 5.41 Å². The van der Waals surface area contributed by atoms with Crippen LogP contribution in [0.4, 0.5) is 0 Å². The van der Waals surface area contributed by atoms with E-state index in [1.807, 2.05) is 0 Å². The van der Waals surface area contributed by atoms with Gasteiger partial charge in [-0.25, -0.2) is 30.1 Å². The molecule has 0 radical (unpaired) electrons. The van der Waals surface area contributed by atoms with Crippen molar-refractivity contribution in [3.05, 3.63) is 60.3 Å². The largest absolute Gasteiger partial charge is 0.256 e. The molecule has 0 aliphatic rings. The second kappa shape index (κ2) is 10.1. The van der Waals surface area contributed by atoms with Gasteiger partial charge >= 0.3 is 0 Å². The maximum Gasteiger partial charge on any atom is 0.105 e. The average Bonchev–Trinajstić information content (AvgIpc) is 2.76. The fourth-order valence-corrected chi connectivity index (χ4v) is 8.16. The van der Waals surface area contributed by atoms with Gasteiger partial charge in [-0.1, -0.05) is 44.2 Å². The summed E-state index contributed by atoms with van der Waals surface area (Å²) in [5.41, 5.74) is 6.47. The second-order valence-electron chi connectivity index (χ2n) is 14.2. The maximum atomic E-state index is 5.10. The summed E-state index contributed by atoms with van der Waals surface area (Å²) in [6.45, 7) is 7.03. The number of benzene rings is 2. The Morgan fingerprint density at radius 1 is 0.622 bits per heavy atom. The topological polar surface area (TPSA) is 12.9 Å². The molecule has 1 aromatic heterocycles. The first-order valence-electron chi connectivity index (χ1n) is 12.9. The quantitative estimate of drug-likeness (QED) is 0.299. The molecule has 0 saturated carbocycles. The fraction of sp³-hybridized carbons (Fsp3) is 0.452. The molecule has 0 spiro atoms. The summed E-state index contributed by atoms with van der Waals surface area (Å²) >= 11 is 0. The summed E-state index contributed by atoms with van der Waals surface area (Å²) < 4.78 is 0. The molecule has 1 heterocycles. The highest BCUT2D eigenvalue weighted by Crippen LogP contribution is 2.54. The van der Waals surface area contributed by atoms with Crippen molar-refractivity contribution in [2.45, 2.75) is 40.7 Å². The van der Waals surface area contributed by atoms with E-state index in [-0.39, 0.29) is 10.6 Å². The molecule has 0 aliphatic heterocycles. The van der Waals surface area contributed by atoms with Crippen LogP contribution in [0.3, 0.4) is 0 Å². The molecule has 0 fully saturated rings. The molecule has 0 unspecified atom stereocenters. The zero-order chi connectivity index (χ0) is 28.2. The average molecular weight is 554 g/mol. The third-order valence-corrected chi connectivity index (χ3v) is 12.9. The Hall–Kier alpha value is -1.23. The molecule has 3 aromatic rings. The van der Waals surface area contributed by atoms with Crippen molar-refractivity contribution in [2.75, 3.05) is 56.3 Å². The zero-order valence-electron chi connectivity index (χ0n) is 25.9. The lowest BCUT2D eigenvalue weighted by molar-refractivity contribution is 0.354. The number of rotatable bonds is 6. The molecule has 3 rings (SSSR count). The summed E-state index contributed by atoms with van der Waals surface area (Å²) in [5, 5.41) is 0.0234. The normalized spacial score (nSPS) is 14.9. The van der Waals surface area contributed by atoms with E-state index in [4.69, 9.17) is 4.98 Å². The molecule has 1 nitrogen and oxygen atoms in total. The molecule has 6 heteroatoms. The van der Waals surface area contributed by atoms with Gasteiger partial charge in [0.1, 0.15) is 15.7 Å². The number of hydrogen-bond acceptors (Lipinski definition) is 1. The Balaban J connectivity index is 2.23. The lowest BCUT2D eigenvalue weighted by Crippen LogP contribution is -2.42. The molecule has 0 atom stereocenters. The molecule has 0 aliphatic carbocycles. The van der Waals surface area contributed by atoms with Gasteiger partial charge in [-0.05, 0) is 123 Å². The van der Waals surface area contributed by atoms with Crippen molar-refractivity contribution >= 4 is 45.8 Å². The SMILES string of the molecule is BC(B)(c1cnc(-c2ccc(S(C)(C)C)c(-c3ccc(S(C)(C)C)cc3)c2)cc1S(C)(C)C)C(C)(C)C. The van der Waals surface area contributed by atoms with Gasteiger partial charge in [0, 0.05) is 11.8 Å². The van der Waals surface area contributed by atoms with Crippen molar-refractivity contribution in [1.29, 1.82) is 0 Å². The van der Waals surface area contributed by atoms with Crippen LogP contribution in [0.5, 0.6) is 0 Å². The lowest BCUT2D eigenvalue weighted by Gasteiger charge is -2.43. The highest BCUT2D eigenvalue weighted by molar-refractivity contribution is 8.32. The van der Waals surface area contributed by atoms with Crippen LogP contribution in [0.2, 0.25) is 0 Å². The third kappa shape index (κ3) is 6.50. The van der Waals surface area contributed by atoms with Crippen molar-refractivity contribution in [3.8, 4) is 22.4 Å². The molecular weight excluding hydrogens is 504 g/mol. The van der Waals surface area contributed by atoms with Gasteiger partial charge in [0.15, 0.2) is 0 Å². The van der Waals surface area contributed by atoms with Crippen LogP contribution in [0.1, 0.15) is 26.3 Å². The molecule has 0 bridgehead atoms. The van der Waals surface area contributed by atoms with Crippen molar-refractivity contribution < 1.29 is 0 Å². The summed E-state index contributed by atoms with van der Waals surface area (Å²) in [6, 6.07) is 18.8. The summed E-state index contributed by atoms with van der Waals surface area (Å²) in [4.78, 5) is 9.48. The minimum atomic E-state index is -0.953. The Morgan fingerprint density at radius 2 is 1.14 bits per heavy atom.